The number of urea groups is 1. The molecule has 0 aliphatic carbocycles. The van der Waals surface area contributed by atoms with E-state index in [2.05, 4.69) is 20.9 Å². The Bertz CT molecular complexity index is 1010. The molecule has 7 N–H and O–H groups in total. The summed E-state index contributed by atoms with van der Waals surface area (Å²) in [5.41, 5.74) is 4.30. The molecule has 186 valence electrons. The number of aliphatic hydroxyl groups excluding tert-OH is 1. The Hall–Kier alpha value is -3.60. The predicted molar refractivity (Wildman–Crippen MR) is 126 cm³/mol. The van der Waals surface area contributed by atoms with Crippen molar-refractivity contribution < 1.29 is 29.0 Å². The van der Waals surface area contributed by atoms with Crippen LogP contribution >= 0.6 is 0 Å². The van der Waals surface area contributed by atoms with E-state index in [1.54, 1.807) is 27.0 Å². The lowest BCUT2D eigenvalue weighted by Gasteiger charge is -2.30. The number of nitrogens with one attached hydrogen (secondary N) is 4. The van der Waals surface area contributed by atoms with Gasteiger partial charge in [0.2, 0.25) is 5.91 Å². The number of primary amides is 1. The molecule has 0 aliphatic heterocycles. The molecule has 11 heteroatoms. The molecule has 1 unspecified atom stereocenters. The highest BCUT2D eigenvalue weighted by Gasteiger charge is 2.34. The highest BCUT2D eigenvalue weighted by atomic mass is 16.6. The van der Waals surface area contributed by atoms with Crippen molar-refractivity contribution in [1.82, 2.24) is 20.9 Å². The van der Waals surface area contributed by atoms with Gasteiger partial charge in [-0.15, -0.1) is 0 Å². The molecule has 2 rings (SSSR count). The maximum atomic E-state index is 13.2. The molecule has 0 aliphatic rings. The van der Waals surface area contributed by atoms with Crippen LogP contribution in [0.1, 0.15) is 39.2 Å². The largest absolute Gasteiger partial charge is 0.444 e. The number of carbonyl (C=O) groups is 4. The van der Waals surface area contributed by atoms with Crippen molar-refractivity contribution in [1.29, 1.82) is 0 Å². The van der Waals surface area contributed by atoms with E-state index in [0.29, 0.717) is 6.29 Å². The number of aliphatic hydroxyl groups is 1. The molecule has 1 aromatic heterocycles. The minimum atomic E-state index is -1.59. The number of H-pyrrole nitrogens is 1. The smallest absolute Gasteiger partial charge is 0.408 e. The fourth-order valence-electron chi connectivity index (χ4n) is 3.43. The number of carbonyl (C=O) groups excluding carboxylic acids is 4. The van der Waals surface area contributed by atoms with Gasteiger partial charge in [-0.05, 0) is 45.2 Å². The van der Waals surface area contributed by atoms with Gasteiger partial charge in [-0.1, -0.05) is 18.2 Å². The molecular weight excluding hydrogens is 442 g/mol. The van der Waals surface area contributed by atoms with Gasteiger partial charge in [0, 0.05) is 30.1 Å². The van der Waals surface area contributed by atoms with E-state index in [4.69, 9.17) is 10.5 Å². The Morgan fingerprint density at radius 3 is 2.56 bits per heavy atom. The van der Waals surface area contributed by atoms with Gasteiger partial charge in [0.05, 0.1) is 6.61 Å². The number of aromatic nitrogens is 1. The summed E-state index contributed by atoms with van der Waals surface area (Å²) < 4.78 is 5.30. The van der Waals surface area contributed by atoms with Crippen molar-refractivity contribution in [2.24, 2.45) is 5.73 Å². The second kappa shape index (κ2) is 11.5. The highest BCUT2D eigenvalue weighted by molar-refractivity contribution is 5.90. The molecule has 2 aromatic rings. The number of amides is 4. The third-order valence-corrected chi connectivity index (χ3v) is 5.09. The normalized spacial score (nSPS) is 14.0. The Labute approximate surface area is 197 Å². The van der Waals surface area contributed by atoms with Crippen molar-refractivity contribution in [2.45, 2.75) is 57.2 Å². The number of para-hydroxylation sites is 1. The lowest BCUT2D eigenvalue weighted by molar-refractivity contribution is -0.129. The average molecular weight is 476 g/mol. The molecule has 0 spiro atoms. The first kappa shape index (κ1) is 26.7. The number of benzene rings is 1. The molecule has 11 nitrogen and oxygen atoms in total. The summed E-state index contributed by atoms with van der Waals surface area (Å²) in [5, 5.41) is 18.3. The average Bonchev–Trinajstić information content (AvgIpc) is 3.17. The molecule has 0 bridgehead atoms. The van der Waals surface area contributed by atoms with Crippen LogP contribution in [0, 0.1) is 0 Å². The molecule has 1 heterocycles. The van der Waals surface area contributed by atoms with E-state index in [-0.39, 0.29) is 25.8 Å². The minimum absolute atomic E-state index is 0.0469. The lowest BCUT2D eigenvalue weighted by atomic mass is 9.94. The Morgan fingerprint density at radius 2 is 1.94 bits per heavy atom. The van der Waals surface area contributed by atoms with Crippen LogP contribution in [-0.4, -0.2) is 64.7 Å². The van der Waals surface area contributed by atoms with Crippen molar-refractivity contribution in [3.8, 4) is 0 Å². The Kier molecular flexibility index (Phi) is 9.02. The molecule has 0 radical (unpaired) electrons. The summed E-state index contributed by atoms with van der Waals surface area (Å²) in [5.74, 6) is -0.667. The van der Waals surface area contributed by atoms with Crippen LogP contribution in [0.2, 0.25) is 0 Å². The number of hydrogen-bond acceptors (Lipinski definition) is 6. The van der Waals surface area contributed by atoms with E-state index < -0.39 is 41.8 Å². The Balaban J connectivity index is 2.23. The van der Waals surface area contributed by atoms with Gasteiger partial charge in [-0.3, -0.25) is 4.79 Å². The number of aromatic amines is 1. The van der Waals surface area contributed by atoms with Crippen LogP contribution in [0.4, 0.5) is 9.59 Å². The van der Waals surface area contributed by atoms with Crippen molar-refractivity contribution in [2.75, 3.05) is 13.2 Å². The number of nitrogens with two attached hydrogens (primary N) is 1. The van der Waals surface area contributed by atoms with Gasteiger partial charge in [-0.2, -0.15) is 0 Å². The quantitative estimate of drug-likeness (QED) is 0.209. The number of alkyl carbamates (subject to hydrolysis) is 1. The molecule has 34 heavy (non-hydrogen) atoms. The topological polar surface area (TPSA) is 176 Å². The summed E-state index contributed by atoms with van der Waals surface area (Å²) in [6.45, 7) is 4.60. The van der Waals surface area contributed by atoms with E-state index in [1.807, 2.05) is 24.3 Å². The van der Waals surface area contributed by atoms with Crippen LogP contribution in [0.3, 0.4) is 0 Å². The summed E-state index contributed by atoms with van der Waals surface area (Å²) in [6, 6.07) is 5.70. The van der Waals surface area contributed by atoms with Crippen LogP contribution in [0.25, 0.3) is 10.9 Å². The molecule has 0 fully saturated rings. The van der Waals surface area contributed by atoms with Gasteiger partial charge in [-0.25, -0.2) is 9.59 Å². The zero-order valence-corrected chi connectivity index (χ0v) is 19.6. The van der Waals surface area contributed by atoms with Crippen molar-refractivity contribution in [3.05, 3.63) is 36.0 Å². The van der Waals surface area contributed by atoms with Crippen LogP contribution in [-0.2, 0) is 20.7 Å². The van der Waals surface area contributed by atoms with E-state index in [0.717, 1.165) is 16.5 Å². The van der Waals surface area contributed by atoms with Crippen LogP contribution in [0.15, 0.2) is 30.5 Å². The zero-order chi connectivity index (χ0) is 25.4. The fourth-order valence-corrected chi connectivity index (χ4v) is 3.43. The molecule has 2 atom stereocenters. The van der Waals surface area contributed by atoms with Crippen molar-refractivity contribution >= 4 is 35.2 Å². The molecule has 0 saturated heterocycles. The first-order valence-corrected chi connectivity index (χ1v) is 11.0. The Morgan fingerprint density at radius 1 is 1.24 bits per heavy atom. The SMILES string of the molecule is CC(C)(C)OC(=O)N[C@@H](Cc1c[nH]c2ccccc12)C(=O)NC(C=O)(CO)CCCNC(N)=O. The zero-order valence-electron chi connectivity index (χ0n) is 19.6. The van der Waals surface area contributed by atoms with Gasteiger partial charge in [0.25, 0.3) is 0 Å². The first-order valence-electron chi connectivity index (χ1n) is 11.0. The first-order chi connectivity index (χ1) is 16.0. The summed E-state index contributed by atoms with van der Waals surface area (Å²) in [4.78, 5) is 51.5. The van der Waals surface area contributed by atoms with Gasteiger partial charge >= 0.3 is 12.1 Å². The minimum Gasteiger partial charge on any atom is -0.444 e. The second-order valence-corrected chi connectivity index (χ2v) is 9.08. The molecule has 1 aromatic carbocycles. The number of rotatable bonds is 11. The lowest BCUT2D eigenvalue weighted by Crippen LogP contribution is -2.59. The summed E-state index contributed by atoms with van der Waals surface area (Å²) in [7, 11) is 0. The second-order valence-electron chi connectivity index (χ2n) is 9.08. The molecule has 4 amide bonds. The van der Waals surface area contributed by atoms with Crippen molar-refractivity contribution in [3.63, 3.8) is 0 Å². The van der Waals surface area contributed by atoms with Crippen LogP contribution < -0.4 is 21.7 Å². The monoisotopic (exact) mass is 475 g/mol. The standard InChI is InChI=1S/C23H33N5O6/c1-22(2,3)34-21(33)27-18(11-15-12-26-17-8-5-4-7-16(15)17)19(31)28-23(13-29,14-30)9-6-10-25-20(24)32/h4-5,7-8,12-13,18,26,30H,6,9-11,14H2,1-3H3,(H,27,33)(H,28,31)(H3,24,25,32)/t18-,23?/m0/s1. The maximum Gasteiger partial charge on any atom is 0.408 e. The molecule has 0 saturated carbocycles. The number of aldehydes is 1. The van der Waals surface area contributed by atoms with E-state index in [1.165, 1.54) is 0 Å². The number of fused-ring (bicyclic) bond motifs is 1. The third kappa shape index (κ3) is 7.77. The van der Waals surface area contributed by atoms with Crippen LogP contribution in [0.5, 0.6) is 0 Å². The predicted octanol–water partition coefficient (Wildman–Crippen LogP) is 1.10. The van der Waals surface area contributed by atoms with E-state index >= 15 is 0 Å². The maximum absolute atomic E-state index is 13.2. The molecular formula is C23H33N5O6. The highest BCUT2D eigenvalue weighted by Crippen LogP contribution is 2.20. The summed E-state index contributed by atoms with van der Waals surface area (Å²) >= 11 is 0. The fraction of sp³-hybridized carbons (Fsp3) is 0.478. The van der Waals surface area contributed by atoms with E-state index in [9.17, 15) is 24.3 Å². The van der Waals surface area contributed by atoms with Gasteiger partial charge < -0.3 is 41.3 Å². The number of ether oxygens (including phenoxy) is 1. The third-order valence-electron chi connectivity index (χ3n) is 5.09. The van der Waals surface area contributed by atoms with Gasteiger partial charge in [0.15, 0.2) is 0 Å². The number of hydrogen-bond donors (Lipinski definition) is 6. The summed E-state index contributed by atoms with van der Waals surface area (Å²) in [6.07, 6.45) is 1.83. The van der Waals surface area contributed by atoms with Gasteiger partial charge in [0.1, 0.15) is 23.5 Å².